The summed E-state index contributed by atoms with van der Waals surface area (Å²) in [6.45, 7) is 7.46. The molecule has 0 aliphatic heterocycles. The van der Waals surface area contributed by atoms with E-state index in [0.29, 0.717) is 0 Å². The monoisotopic (exact) mass is 291 g/mol. The summed E-state index contributed by atoms with van der Waals surface area (Å²) >= 11 is 0. The lowest BCUT2D eigenvalue weighted by Gasteiger charge is -2.22. The highest BCUT2D eigenvalue weighted by Crippen LogP contribution is 2.12. The number of benzene rings is 1. The molecule has 1 aromatic carbocycles. The Bertz CT molecular complexity index is 496. The predicted octanol–water partition coefficient (Wildman–Crippen LogP) is 2.97. The number of carboxylic acid groups (broad SMARTS) is 1. The zero-order valence-electron chi connectivity index (χ0n) is 12.3. The van der Waals surface area contributed by atoms with Crippen molar-refractivity contribution in [2.45, 2.75) is 32.9 Å². The largest absolute Gasteiger partial charge is 0.478 e. The first kappa shape index (κ1) is 16.8. The van der Waals surface area contributed by atoms with Crippen LogP contribution in [0.4, 0.5) is 4.79 Å². The van der Waals surface area contributed by atoms with Crippen molar-refractivity contribution in [1.29, 1.82) is 0 Å². The SMILES string of the molecule is C=C(C[C@@H](NC(=O)OCc1ccccc1)C(C)C)C(=O)O. The molecule has 21 heavy (non-hydrogen) atoms. The molecule has 0 heterocycles. The van der Waals surface area contributed by atoms with Crippen LogP contribution in [0.15, 0.2) is 42.5 Å². The molecule has 5 nitrogen and oxygen atoms in total. The first-order valence-corrected chi connectivity index (χ1v) is 6.78. The molecule has 0 saturated heterocycles. The van der Waals surface area contributed by atoms with Crippen LogP contribution in [0.2, 0.25) is 0 Å². The molecule has 1 aromatic rings. The Morgan fingerprint density at radius 2 is 1.90 bits per heavy atom. The van der Waals surface area contributed by atoms with Gasteiger partial charge in [-0.3, -0.25) is 0 Å². The molecule has 1 amide bonds. The maximum atomic E-state index is 11.8. The van der Waals surface area contributed by atoms with Crippen molar-refractivity contribution in [3.05, 3.63) is 48.0 Å². The summed E-state index contributed by atoms with van der Waals surface area (Å²) in [5.41, 5.74) is 0.959. The summed E-state index contributed by atoms with van der Waals surface area (Å²) in [5.74, 6) is -0.981. The second-order valence-corrected chi connectivity index (χ2v) is 5.17. The van der Waals surface area contributed by atoms with Crippen LogP contribution in [0.25, 0.3) is 0 Å². The molecule has 0 saturated carbocycles. The van der Waals surface area contributed by atoms with Crippen molar-refractivity contribution in [3.63, 3.8) is 0 Å². The molecule has 114 valence electrons. The van der Waals surface area contributed by atoms with Crippen molar-refractivity contribution in [2.24, 2.45) is 5.92 Å². The van der Waals surface area contributed by atoms with E-state index >= 15 is 0 Å². The number of ether oxygens (including phenoxy) is 1. The van der Waals surface area contributed by atoms with Crippen molar-refractivity contribution in [3.8, 4) is 0 Å². The van der Waals surface area contributed by atoms with Gasteiger partial charge in [-0.25, -0.2) is 9.59 Å². The molecular weight excluding hydrogens is 270 g/mol. The first-order chi connectivity index (χ1) is 9.90. The van der Waals surface area contributed by atoms with Crippen LogP contribution in [-0.4, -0.2) is 23.2 Å². The van der Waals surface area contributed by atoms with Crippen molar-refractivity contribution < 1.29 is 19.4 Å². The fourth-order valence-corrected chi connectivity index (χ4v) is 1.72. The van der Waals surface area contributed by atoms with E-state index in [0.717, 1.165) is 5.56 Å². The van der Waals surface area contributed by atoms with E-state index < -0.39 is 12.1 Å². The number of hydrogen-bond donors (Lipinski definition) is 2. The minimum Gasteiger partial charge on any atom is -0.478 e. The van der Waals surface area contributed by atoms with E-state index in [-0.39, 0.29) is 30.6 Å². The molecule has 0 unspecified atom stereocenters. The fraction of sp³-hybridized carbons (Fsp3) is 0.375. The number of carbonyl (C=O) groups excluding carboxylic acids is 1. The molecule has 1 rings (SSSR count). The number of carboxylic acids is 1. The summed E-state index contributed by atoms with van der Waals surface area (Å²) in [4.78, 5) is 22.6. The number of rotatable bonds is 7. The van der Waals surface area contributed by atoms with Gasteiger partial charge in [0.25, 0.3) is 0 Å². The number of aliphatic carboxylic acids is 1. The van der Waals surface area contributed by atoms with E-state index in [2.05, 4.69) is 11.9 Å². The van der Waals surface area contributed by atoms with Gasteiger partial charge in [0.15, 0.2) is 0 Å². The Morgan fingerprint density at radius 1 is 1.29 bits per heavy atom. The van der Waals surface area contributed by atoms with Gasteiger partial charge >= 0.3 is 12.1 Å². The Kier molecular flexibility index (Phi) is 6.46. The molecule has 0 radical (unpaired) electrons. The van der Waals surface area contributed by atoms with Gasteiger partial charge in [0.2, 0.25) is 0 Å². The first-order valence-electron chi connectivity index (χ1n) is 6.78. The lowest BCUT2D eigenvalue weighted by atomic mass is 9.97. The summed E-state index contributed by atoms with van der Waals surface area (Å²) in [6.07, 6.45) is -0.372. The van der Waals surface area contributed by atoms with Crippen molar-refractivity contribution >= 4 is 12.1 Å². The highest BCUT2D eigenvalue weighted by atomic mass is 16.5. The van der Waals surface area contributed by atoms with Crippen LogP contribution >= 0.6 is 0 Å². The van der Waals surface area contributed by atoms with Crippen LogP contribution in [-0.2, 0) is 16.1 Å². The van der Waals surface area contributed by atoms with Crippen LogP contribution in [0.1, 0.15) is 25.8 Å². The molecule has 1 atom stereocenters. The number of hydrogen-bond acceptors (Lipinski definition) is 3. The average molecular weight is 291 g/mol. The third-order valence-corrected chi connectivity index (χ3v) is 3.09. The molecule has 0 aliphatic rings. The summed E-state index contributed by atoms with van der Waals surface area (Å²) in [6, 6.07) is 9.01. The lowest BCUT2D eigenvalue weighted by molar-refractivity contribution is -0.132. The van der Waals surface area contributed by atoms with Gasteiger partial charge in [0.1, 0.15) is 6.61 Å². The van der Waals surface area contributed by atoms with E-state index in [4.69, 9.17) is 9.84 Å². The van der Waals surface area contributed by atoms with Gasteiger partial charge in [0.05, 0.1) is 0 Å². The topological polar surface area (TPSA) is 75.6 Å². The van der Waals surface area contributed by atoms with E-state index in [9.17, 15) is 9.59 Å². The maximum Gasteiger partial charge on any atom is 0.407 e. The number of alkyl carbamates (subject to hydrolysis) is 1. The van der Waals surface area contributed by atoms with Crippen LogP contribution in [0.5, 0.6) is 0 Å². The zero-order chi connectivity index (χ0) is 15.8. The smallest absolute Gasteiger partial charge is 0.407 e. The summed E-state index contributed by atoms with van der Waals surface area (Å²) < 4.78 is 5.12. The number of amides is 1. The molecule has 2 N–H and O–H groups in total. The molecule has 0 aromatic heterocycles. The Hall–Kier alpha value is -2.30. The molecule has 0 spiro atoms. The quantitative estimate of drug-likeness (QED) is 0.757. The summed E-state index contributed by atoms with van der Waals surface area (Å²) in [7, 11) is 0. The molecule has 0 bridgehead atoms. The lowest BCUT2D eigenvalue weighted by Crippen LogP contribution is -2.39. The van der Waals surface area contributed by atoms with Crippen LogP contribution in [0, 0.1) is 5.92 Å². The average Bonchev–Trinajstić information content (AvgIpc) is 2.45. The minimum absolute atomic E-state index is 0.0667. The van der Waals surface area contributed by atoms with Crippen LogP contribution < -0.4 is 5.32 Å². The normalized spacial score (nSPS) is 11.8. The second kappa shape index (κ2) is 8.09. The van der Waals surface area contributed by atoms with Gasteiger partial charge in [0, 0.05) is 11.6 Å². The standard InChI is InChI=1S/C16H21NO4/c1-11(2)14(9-12(3)15(18)19)17-16(20)21-10-13-7-5-4-6-8-13/h4-8,11,14H,3,9-10H2,1-2H3,(H,17,20)(H,18,19)/t14-/m1/s1. The molecule has 0 aliphatic carbocycles. The second-order valence-electron chi connectivity index (χ2n) is 5.17. The highest BCUT2D eigenvalue weighted by molar-refractivity contribution is 5.85. The third kappa shape index (κ3) is 6.12. The Labute approximate surface area is 124 Å². The van der Waals surface area contributed by atoms with E-state index in [1.165, 1.54) is 0 Å². The Morgan fingerprint density at radius 3 is 2.43 bits per heavy atom. The van der Waals surface area contributed by atoms with Gasteiger partial charge in [-0.2, -0.15) is 0 Å². The predicted molar refractivity (Wildman–Crippen MR) is 79.8 cm³/mol. The number of carbonyl (C=O) groups is 2. The van der Waals surface area contributed by atoms with Gasteiger partial charge in [-0.05, 0) is 17.9 Å². The Balaban J connectivity index is 2.49. The van der Waals surface area contributed by atoms with Gasteiger partial charge in [-0.15, -0.1) is 0 Å². The third-order valence-electron chi connectivity index (χ3n) is 3.09. The molecule has 5 heteroatoms. The minimum atomic E-state index is -1.06. The zero-order valence-corrected chi connectivity index (χ0v) is 12.3. The molecular formula is C16H21NO4. The summed E-state index contributed by atoms with van der Waals surface area (Å²) in [5, 5.41) is 11.5. The van der Waals surface area contributed by atoms with Gasteiger partial charge < -0.3 is 15.2 Å². The van der Waals surface area contributed by atoms with E-state index in [1.54, 1.807) is 0 Å². The van der Waals surface area contributed by atoms with E-state index in [1.807, 2.05) is 44.2 Å². The van der Waals surface area contributed by atoms with Crippen molar-refractivity contribution in [1.82, 2.24) is 5.32 Å². The molecule has 0 fully saturated rings. The van der Waals surface area contributed by atoms with Crippen molar-refractivity contribution in [2.75, 3.05) is 0 Å². The van der Waals surface area contributed by atoms with Gasteiger partial charge in [-0.1, -0.05) is 50.8 Å². The maximum absolute atomic E-state index is 11.8. The highest BCUT2D eigenvalue weighted by Gasteiger charge is 2.20. The fourth-order valence-electron chi connectivity index (χ4n) is 1.72. The number of nitrogens with one attached hydrogen (secondary N) is 1. The van der Waals surface area contributed by atoms with Crippen LogP contribution in [0.3, 0.4) is 0 Å².